The van der Waals surface area contributed by atoms with Crippen LogP contribution in [0.15, 0.2) is 30.5 Å². The van der Waals surface area contributed by atoms with Gasteiger partial charge in [0.2, 0.25) is 0 Å². The van der Waals surface area contributed by atoms with E-state index in [-0.39, 0.29) is 11.4 Å². The van der Waals surface area contributed by atoms with Gasteiger partial charge in [-0.3, -0.25) is 10.1 Å². The molecule has 9 heteroatoms. The second-order valence-corrected chi connectivity index (χ2v) is 4.32. The lowest BCUT2D eigenvalue weighted by Crippen LogP contribution is -2.10. The van der Waals surface area contributed by atoms with Crippen molar-refractivity contribution in [3.05, 3.63) is 51.8 Å². The SMILES string of the molecule is CC(O)c1ccn(-c2ccc([N+](=O)[O-])c(C(F)(F)F)c2)n1. The van der Waals surface area contributed by atoms with Gasteiger partial charge in [0.15, 0.2) is 0 Å². The van der Waals surface area contributed by atoms with Crippen molar-refractivity contribution in [2.24, 2.45) is 0 Å². The van der Waals surface area contributed by atoms with Crippen LogP contribution in [0.2, 0.25) is 0 Å². The molecule has 0 aliphatic carbocycles. The number of nitrogens with zero attached hydrogens (tertiary/aromatic N) is 3. The third-order valence-electron chi connectivity index (χ3n) is 2.78. The lowest BCUT2D eigenvalue weighted by molar-refractivity contribution is -0.388. The highest BCUT2D eigenvalue weighted by Crippen LogP contribution is 2.37. The van der Waals surface area contributed by atoms with E-state index >= 15 is 0 Å². The Morgan fingerprint density at radius 3 is 2.52 bits per heavy atom. The molecular weight excluding hydrogens is 291 g/mol. The summed E-state index contributed by atoms with van der Waals surface area (Å²) < 4.78 is 39.7. The van der Waals surface area contributed by atoms with Crippen molar-refractivity contribution in [2.75, 3.05) is 0 Å². The van der Waals surface area contributed by atoms with E-state index < -0.39 is 28.5 Å². The minimum Gasteiger partial charge on any atom is -0.387 e. The molecule has 1 heterocycles. The summed E-state index contributed by atoms with van der Waals surface area (Å²) in [4.78, 5) is 9.57. The first-order valence-electron chi connectivity index (χ1n) is 5.80. The van der Waals surface area contributed by atoms with Crippen molar-refractivity contribution in [1.29, 1.82) is 0 Å². The molecule has 1 aromatic heterocycles. The fourth-order valence-corrected chi connectivity index (χ4v) is 1.76. The molecule has 0 bridgehead atoms. The Hall–Kier alpha value is -2.42. The Labute approximate surface area is 116 Å². The van der Waals surface area contributed by atoms with E-state index in [9.17, 15) is 28.4 Å². The zero-order valence-corrected chi connectivity index (χ0v) is 10.7. The number of alkyl halides is 3. The van der Waals surface area contributed by atoms with Gasteiger partial charge in [0, 0.05) is 12.3 Å². The molecule has 0 radical (unpaired) electrons. The number of hydrogen-bond donors (Lipinski definition) is 1. The quantitative estimate of drug-likeness (QED) is 0.698. The Morgan fingerprint density at radius 2 is 2.05 bits per heavy atom. The van der Waals surface area contributed by atoms with Crippen LogP contribution in [-0.4, -0.2) is 19.8 Å². The standard InChI is InChI=1S/C12H10F3N3O3/c1-7(19)10-4-5-17(16-10)8-2-3-11(18(20)21)9(6-8)12(13,14)15/h2-7,19H,1H3. The Bertz CT molecular complexity index is 680. The Kier molecular flexibility index (Phi) is 3.69. The monoisotopic (exact) mass is 301 g/mol. The van der Waals surface area contributed by atoms with Gasteiger partial charge in [0.25, 0.3) is 5.69 Å². The van der Waals surface area contributed by atoms with Crippen LogP contribution >= 0.6 is 0 Å². The van der Waals surface area contributed by atoms with E-state index in [0.717, 1.165) is 16.8 Å². The molecule has 0 saturated heterocycles. The number of aliphatic hydroxyl groups excluding tert-OH is 1. The maximum Gasteiger partial charge on any atom is 0.423 e. The van der Waals surface area contributed by atoms with Crippen molar-refractivity contribution in [1.82, 2.24) is 9.78 Å². The van der Waals surface area contributed by atoms with Crippen LogP contribution in [0, 0.1) is 10.1 Å². The van der Waals surface area contributed by atoms with Gasteiger partial charge in [0.05, 0.1) is 22.4 Å². The first kappa shape index (κ1) is 15.0. The predicted molar refractivity (Wildman–Crippen MR) is 65.9 cm³/mol. The third kappa shape index (κ3) is 3.02. The highest BCUT2D eigenvalue weighted by atomic mass is 19.4. The second-order valence-electron chi connectivity index (χ2n) is 4.32. The molecule has 0 fully saturated rings. The minimum absolute atomic E-state index is 0.0137. The van der Waals surface area contributed by atoms with Crippen LogP contribution in [0.4, 0.5) is 18.9 Å². The summed E-state index contributed by atoms with van der Waals surface area (Å²) in [5.74, 6) is 0. The molecule has 0 aliphatic heterocycles. The van der Waals surface area contributed by atoms with E-state index in [1.807, 2.05) is 0 Å². The van der Waals surface area contributed by atoms with Gasteiger partial charge >= 0.3 is 6.18 Å². The number of aliphatic hydroxyl groups is 1. The number of aromatic nitrogens is 2. The second kappa shape index (κ2) is 5.17. The highest BCUT2D eigenvalue weighted by Gasteiger charge is 2.38. The van der Waals surface area contributed by atoms with Crippen LogP contribution in [-0.2, 0) is 6.18 Å². The van der Waals surface area contributed by atoms with Crippen LogP contribution in [0.5, 0.6) is 0 Å². The predicted octanol–water partition coefficient (Wildman–Crippen LogP) is 2.85. The maximum atomic E-state index is 12.9. The molecule has 0 aliphatic rings. The highest BCUT2D eigenvalue weighted by molar-refractivity contribution is 5.49. The Morgan fingerprint density at radius 1 is 1.38 bits per heavy atom. The van der Waals surface area contributed by atoms with Crippen molar-refractivity contribution in [3.8, 4) is 5.69 Å². The number of nitro benzene ring substituents is 1. The summed E-state index contributed by atoms with van der Waals surface area (Å²) in [6, 6.07) is 4.03. The average Bonchev–Trinajstić information content (AvgIpc) is 2.86. The van der Waals surface area contributed by atoms with Gasteiger partial charge in [0.1, 0.15) is 5.56 Å². The third-order valence-corrected chi connectivity index (χ3v) is 2.78. The molecule has 2 aromatic rings. The van der Waals surface area contributed by atoms with E-state index in [1.54, 1.807) is 0 Å². The minimum atomic E-state index is -4.85. The number of halogens is 3. The number of rotatable bonds is 3. The van der Waals surface area contributed by atoms with Gasteiger partial charge in [-0.2, -0.15) is 18.3 Å². The molecule has 112 valence electrons. The molecule has 1 atom stereocenters. The number of hydrogen-bond acceptors (Lipinski definition) is 4. The summed E-state index contributed by atoms with van der Waals surface area (Å²) in [6.07, 6.45) is -4.35. The van der Waals surface area contributed by atoms with E-state index in [2.05, 4.69) is 5.10 Å². The normalized spacial score (nSPS) is 13.2. The molecule has 1 N–H and O–H groups in total. The molecule has 0 saturated carbocycles. The lowest BCUT2D eigenvalue weighted by atomic mass is 10.1. The molecule has 1 unspecified atom stereocenters. The largest absolute Gasteiger partial charge is 0.423 e. The average molecular weight is 301 g/mol. The molecule has 1 aromatic carbocycles. The summed E-state index contributed by atoms with van der Waals surface area (Å²) in [5, 5.41) is 23.9. The zero-order valence-electron chi connectivity index (χ0n) is 10.7. The molecular formula is C12H10F3N3O3. The van der Waals surface area contributed by atoms with Crippen molar-refractivity contribution in [3.63, 3.8) is 0 Å². The van der Waals surface area contributed by atoms with Crippen molar-refractivity contribution < 1.29 is 23.2 Å². The van der Waals surface area contributed by atoms with Gasteiger partial charge in [-0.25, -0.2) is 4.68 Å². The van der Waals surface area contributed by atoms with Crippen LogP contribution < -0.4 is 0 Å². The summed E-state index contributed by atoms with van der Waals surface area (Å²) in [6.45, 7) is 1.46. The first-order valence-corrected chi connectivity index (χ1v) is 5.80. The van der Waals surface area contributed by atoms with Gasteiger partial charge in [-0.1, -0.05) is 0 Å². The van der Waals surface area contributed by atoms with E-state index in [4.69, 9.17) is 0 Å². The van der Waals surface area contributed by atoms with E-state index in [0.29, 0.717) is 6.07 Å². The van der Waals surface area contributed by atoms with Gasteiger partial charge in [-0.05, 0) is 25.1 Å². The van der Waals surface area contributed by atoms with Crippen LogP contribution in [0.3, 0.4) is 0 Å². The van der Waals surface area contributed by atoms with Crippen LogP contribution in [0.1, 0.15) is 24.3 Å². The van der Waals surface area contributed by atoms with E-state index in [1.165, 1.54) is 19.2 Å². The zero-order chi connectivity index (χ0) is 15.8. The van der Waals surface area contributed by atoms with Crippen LogP contribution in [0.25, 0.3) is 5.69 Å². The van der Waals surface area contributed by atoms with Crippen molar-refractivity contribution >= 4 is 5.69 Å². The topological polar surface area (TPSA) is 81.2 Å². The number of benzene rings is 1. The number of nitro groups is 1. The summed E-state index contributed by atoms with van der Waals surface area (Å²) >= 11 is 0. The van der Waals surface area contributed by atoms with Gasteiger partial charge in [-0.15, -0.1) is 0 Å². The summed E-state index contributed by atoms with van der Waals surface area (Å²) in [5.41, 5.74) is -2.07. The molecule has 21 heavy (non-hydrogen) atoms. The smallest absolute Gasteiger partial charge is 0.387 e. The Balaban J connectivity index is 2.53. The molecule has 6 nitrogen and oxygen atoms in total. The fraction of sp³-hybridized carbons (Fsp3) is 0.250. The lowest BCUT2D eigenvalue weighted by Gasteiger charge is -2.09. The molecule has 2 rings (SSSR count). The van der Waals surface area contributed by atoms with Crippen molar-refractivity contribution in [2.45, 2.75) is 19.2 Å². The molecule has 0 amide bonds. The fourth-order valence-electron chi connectivity index (χ4n) is 1.76. The molecule has 0 spiro atoms. The van der Waals surface area contributed by atoms with Gasteiger partial charge < -0.3 is 5.11 Å². The summed E-state index contributed by atoms with van der Waals surface area (Å²) in [7, 11) is 0. The first-order chi connectivity index (χ1) is 9.70. The maximum absolute atomic E-state index is 12.9.